The lowest BCUT2D eigenvalue weighted by atomic mass is 10.1. The van der Waals surface area contributed by atoms with E-state index in [2.05, 4.69) is 22.0 Å². The molecular formula is C18H20N4O. The largest absolute Gasteiger partial charge is 0.472 e. The molecule has 1 saturated heterocycles. The number of nitrogens with zero attached hydrogens (tertiary/aromatic N) is 4. The molecule has 0 saturated carbocycles. The minimum Gasteiger partial charge on any atom is -0.472 e. The Labute approximate surface area is 135 Å². The zero-order valence-electron chi connectivity index (χ0n) is 13.2. The summed E-state index contributed by atoms with van der Waals surface area (Å²) in [6, 6.07) is 8.66. The molecule has 0 spiro atoms. The van der Waals surface area contributed by atoms with E-state index in [0.717, 1.165) is 36.8 Å². The van der Waals surface area contributed by atoms with Crippen LogP contribution in [0.1, 0.15) is 36.0 Å². The number of rotatable bonds is 4. The van der Waals surface area contributed by atoms with Crippen molar-refractivity contribution in [3.8, 4) is 5.82 Å². The van der Waals surface area contributed by atoms with Crippen LogP contribution < -0.4 is 0 Å². The third kappa shape index (κ3) is 2.80. The molecule has 1 atom stereocenters. The fourth-order valence-corrected chi connectivity index (χ4v) is 3.35. The first-order valence-electron chi connectivity index (χ1n) is 8.04. The first-order chi connectivity index (χ1) is 11.3. The van der Waals surface area contributed by atoms with Gasteiger partial charge in [-0.05, 0) is 44.5 Å². The Balaban J connectivity index is 1.60. The smallest absolute Gasteiger partial charge is 0.138 e. The van der Waals surface area contributed by atoms with Crippen LogP contribution in [0, 0.1) is 6.92 Å². The van der Waals surface area contributed by atoms with Gasteiger partial charge in [0.2, 0.25) is 0 Å². The second kappa shape index (κ2) is 6.01. The van der Waals surface area contributed by atoms with Gasteiger partial charge in [0.1, 0.15) is 11.6 Å². The van der Waals surface area contributed by atoms with Crippen LogP contribution in [0.25, 0.3) is 5.82 Å². The van der Waals surface area contributed by atoms with Crippen molar-refractivity contribution in [2.45, 2.75) is 32.4 Å². The molecule has 5 nitrogen and oxygen atoms in total. The Morgan fingerprint density at radius 3 is 3.04 bits per heavy atom. The van der Waals surface area contributed by atoms with E-state index >= 15 is 0 Å². The summed E-state index contributed by atoms with van der Waals surface area (Å²) >= 11 is 0. The fourth-order valence-electron chi connectivity index (χ4n) is 3.35. The van der Waals surface area contributed by atoms with Gasteiger partial charge in [0.25, 0.3) is 0 Å². The first kappa shape index (κ1) is 14.2. The summed E-state index contributed by atoms with van der Waals surface area (Å²) in [5, 5.41) is 0. The van der Waals surface area contributed by atoms with Crippen molar-refractivity contribution in [2.75, 3.05) is 6.54 Å². The molecule has 1 fully saturated rings. The van der Waals surface area contributed by atoms with Crippen molar-refractivity contribution < 1.29 is 4.42 Å². The van der Waals surface area contributed by atoms with Crippen LogP contribution >= 0.6 is 0 Å². The molecule has 1 aliphatic heterocycles. The van der Waals surface area contributed by atoms with Crippen molar-refractivity contribution in [3.63, 3.8) is 0 Å². The molecule has 0 aromatic carbocycles. The lowest BCUT2D eigenvalue weighted by molar-refractivity contribution is 0.243. The van der Waals surface area contributed by atoms with Crippen molar-refractivity contribution in [3.05, 3.63) is 66.3 Å². The number of hydrogen-bond acceptors (Lipinski definition) is 4. The van der Waals surface area contributed by atoms with Gasteiger partial charge in [0.15, 0.2) is 0 Å². The second-order valence-corrected chi connectivity index (χ2v) is 6.03. The summed E-state index contributed by atoms with van der Waals surface area (Å²) < 4.78 is 7.22. The Morgan fingerprint density at radius 1 is 1.30 bits per heavy atom. The monoisotopic (exact) mass is 308 g/mol. The van der Waals surface area contributed by atoms with Gasteiger partial charge in [-0.25, -0.2) is 9.97 Å². The predicted molar refractivity (Wildman–Crippen MR) is 87.2 cm³/mol. The molecule has 0 aliphatic carbocycles. The molecule has 118 valence electrons. The van der Waals surface area contributed by atoms with E-state index in [9.17, 15) is 0 Å². The van der Waals surface area contributed by atoms with E-state index < -0.39 is 0 Å². The van der Waals surface area contributed by atoms with Crippen molar-refractivity contribution in [2.24, 2.45) is 0 Å². The zero-order chi connectivity index (χ0) is 15.6. The van der Waals surface area contributed by atoms with Crippen LogP contribution in [0.4, 0.5) is 0 Å². The van der Waals surface area contributed by atoms with E-state index in [1.807, 2.05) is 42.3 Å². The lowest BCUT2D eigenvalue weighted by Crippen LogP contribution is -2.23. The first-order valence-corrected chi connectivity index (χ1v) is 8.04. The predicted octanol–water partition coefficient (Wildman–Crippen LogP) is 3.51. The summed E-state index contributed by atoms with van der Waals surface area (Å²) in [5.41, 5.74) is 2.36. The summed E-state index contributed by atoms with van der Waals surface area (Å²) in [6.45, 7) is 4.01. The number of hydrogen-bond donors (Lipinski definition) is 0. The third-order valence-electron chi connectivity index (χ3n) is 4.50. The SMILES string of the molecule is Cc1nccn1-c1cccc([C@H]2CCCN2Cc2ccoc2)n1. The zero-order valence-corrected chi connectivity index (χ0v) is 13.2. The van der Waals surface area contributed by atoms with Crippen LogP contribution in [0.3, 0.4) is 0 Å². The van der Waals surface area contributed by atoms with Crippen molar-refractivity contribution in [1.82, 2.24) is 19.4 Å². The van der Waals surface area contributed by atoms with Crippen LogP contribution in [-0.2, 0) is 6.54 Å². The van der Waals surface area contributed by atoms with Crippen molar-refractivity contribution in [1.29, 1.82) is 0 Å². The standard InChI is InChI=1S/C18H20N4O/c1-14-19-8-10-22(14)18-6-2-4-16(20-18)17-5-3-9-21(17)12-15-7-11-23-13-15/h2,4,6-8,10-11,13,17H,3,5,9,12H2,1H3/t17-/m1/s1. The van der Waals surface area contributed by atoms with E-state index in [0.29, 0.717) is 6.04 Å². The molecule has 0 unspecified atom stereocenters. The average Bonchev–Trinajstić information content (AvgIpc) is 3.30. The normalized spacial score (nSPS) is 18.6. The highest BCUT2D eigenvalue weighted by Gasteiger charge is 2.27. The van der Waals surface area contributed by atoms with Crippen LogP contribution in [0.2, 0.25) is 0 Å². The maximum Gasteiger partial charge on any atom is 0.138 e. The van der Waals surface area contributed by atoms with Gasteiger partial charge in [-0.3, -0.25) is 9.47 Å². The quantitative estimate of drug-likeness (QED) is 0.740. The molecule has 0 amide bonds. The lowest BCUT2D eigenvalue weighted by Gasteiger charge is -2.23. The number of likely N-dealkylation sites (tertiary alicyclic amines) is 1. The maximum atomic E-state index is 5.19. The molecule has 1 aliphatic rings. The van der Waals surface area contributed by atoms with Gasteiger partial charge in [-0.2, -0.15) is 0 Å². The molecule has 23 heavy (non-hydrogen) atoms. The minimum absolute atomic E-state index is 0.369. The van der Waals surface area contributed by atoms with Crippen LogP contribution in [0.15, 0.2) is 53.6 Å². The molecule has 0 N–H and O–H groups in total. The van der Waals surface area contributed by atoms with Gasteiger partial charge in [0.05, 0.1) is 24.3 Å². The highest BCUT2D eigenvalue weighted by Crippen LogP contribution is 2.32. The topological polar surface area (TPSA) is 47.1 Å². The number of aryl methyl sites for hydroxylation is 1. The molecule has 4 rings (SSSR count). The van der Waals surface area contributed by atoms with Gasteiger partial charge in [-0.1, -0.05) is 6.07 Å². The third-order valence-corrected chi connectivity index (χ3v) is 4.50. The van der Waals surface area contributed by atoms with Gasteiger partial charge in [-0.15, -0.1) is 0 Å². The Hall–Kier alpha value is -2.40. The van der Waals surface area contributed by atoms with Gasteiger partial charge in [0, 0.05) is 24.5 Å². The van der Waals surface area contributed by atoms with E-state index in [4.69, 9.17) is 9.40 Å². The molecule has 4 heterocycles. The van der Waals surface area contributed by atoms with Gasteiger partial charge >= 0.3 is 0 Å². The fraction of sp³-hybridized carbons (Fsp3) is 0.333. The highest BCUT2D eigenvalue weighted by molar-refractivity contribution is 5.28. The summed E-state index contributed by atoms with van der Waals surface area (Å²) in [7, 11) is 0. The number of aromatic nitrogens is 3. The molecular weight excluding hydrogens is 288 g/mol. The minimum atomic E-state index is 0.369. The second-order valence-electron chi connectivity index (χ2n) is 6.03. The van der Waals surface area contributed by atoms with Gasteiger partial charge < -0.3 is 4.42 Å². The summed E-state index contributed by atoms with van der Waals surface area (Å²) in [6.07, 6.45) is 9.69. The Morgan fingerprint density at radius 2 is 2.26 bits per heavy atom. The Kier molecular flexibility index (Phi) is 3.71. The molecule has 0 bridgehead atoms. The molecule has 3 aromatic heterocycles. The molecule has 0 radical (unpaired) electrons. The van der Waals surface area contributed by atoms with E-state index in [1.54, 1.807) is 6.26 Å². The Bertz CT molecular complexity index is 778. The number of furan rings is 1. The average molecular weight is 308 g/mol. The molecule has 5 heteroatoms. The summed E-state index contributed by atoms with van der Waals surface area (Å²) in [5.74, 6) is 1.89. The molecule has 3 aromatic rings. The number of pyridine rings is 1. The van der Waals surface area contributed by atoms with E-state index in [1.165, 1.54) is 12.0 Å². The number of imidazole rings is 1. The highest BCUT2D eigenvalue weighted by atomic mass is 16.3. The van der Waals surface area contributed by atoms with Crippen LogP contribution in [-0.4, -0.2) is 26.0 Å². The summed E-state index contributed by atoms with van der Waals surface area (Å²) in [4.78, 5) is 11.7. The van der Waals surface area contributed by atoms with Crippen LogP contribution in [0.5, 0.6) is 0 Å². The van der Waals surface area contributed by atoms with E-state index in [-0.39, 0.29) is 0 Å². The maximum absolute atomic E-state index is 5.19. The van der Waals surface area contributed by atoms with Crippen molar-refractivity contribution >= 4 is 0 Å².